The fourth-order valence-electron chi connectivity index (χ4n) is 0.352. The Bertz CT molecular complexity index is 51.5. The van der Waals surface area contributed by atoms with Crippen molar-refractivity contribution in [3.05, 3.63) is 0 Å². The molecule has 2 heteroatoms. The van der Waals surface area contributed by atoms with Crippen molar-refractivity contribution in [1.29, 1.82) is 0 Å². The molecule has 0 aromatic carbocycles. The van der Waals surface area contributed by atoms with Crippen LogP contribution >= 0.6 is 0 Å². The van der Waals surface area contributed by atoms with Crippen LogP contribution in [0.1, 0.15) is 19.8 Å². The van der Waals surface area contributed by atoms with Gasteiger partial charge in [0, 0.05) is 0 Å². The molecule has 36 valence electrons. The Labute approximate surface area is 46.3 Å². The van der Waals surface area contributed by atoms with Crippen LogP contribution in [0.15, 0.2) is 0 Å². The Balaban J connectivity index is 2.83. The van der Waals surface area contributed by atoms with Crippen molar-refractivity contribution in [2.24, 2.45) is 0 Å². The maximum atomic E-state index is 10.1. The SMILES string of the molecule is CCC[C](=O)[GeH3]. The molecule has 0 fully saturated rings. The van der Waals surface area contributed by atoms with Crippen LogP contribution in [-0.2, 0) is 4.79 Å². The molecular weight excluding hydrogens is 137 g/mol. The molecule has 6 heavy (non-hydrogen) atoms. The zero-order valence-corrected chi connectivity index (χ0v) is 8.52. The molecule has 1 nitrogen and oxygen atoms in total. The van der Waals surface area contributed by atoms with Crippen LogP contribution in [0.4, 0.5) is 0 Å². The van der Waals surface area contributed by atoms with Gasteiger partial charge in [-0.2, -0.15) is 0 Å². The van der Waals surface area contributed by atoms with Crippen molar-refractivity contribution in [2.45, 2.75) is 19.8 Å². The molecule has 0 heterocycles. The van der Waals surface area contributed by atoms with E-state index in [0.717, 1.165) is 12.8 Å². The Hall–Kier alpha value is 0.213. The van der Waals surface area contributed by atoms with Gasteiger partial charge >= 0.3 is 45.7 Å². The van der Waals surface area contributed by atoms with E-state index in [9.17, 15) is 4.79 Å². The zero-order chi connectivity index (χ0) is 4.99. The molecule has 0 aliphatic heterocycles. The van der Waals surface area contributed by atoms with Gasteiger partial charge in [0.05, 0.1) is 0 Å². The van der Waals surface area contributed by atoms with Gasteiger partial charge in [-0.15, -0.1) is 0 Å². The summed E-state index contributed by atoms with van der Waals surface area (Å²) in [6.45, 7) is 2.03. The summed E-state index contributed by atoms with van der Waals surface area (Å²) >= 11 is 0.434. The van der Waals surface area contributed by atoms with Crippen molar-refractivity contribution in [2.75, 3.05) is 0 Å². The minimum absolute atomic E-state index is 0.434. The normalized spacial score (nSPS) is 8.83. The van der Waals surface area contributed by atoms with Crippen LogP contribution in [0.2, 0.25) is 0 Å². The molecular formula is C4H10GeO. The number of hydrogen-bond acceptors (Lipinski definition) is 1. The molecule has 0 radical (unpaired) electrons. The molecule has 0 aliphatic rings. The van der Waals surface area contributed by atoms with E-state index >= 15 is 0 Å². The van der Waals surface area contributed by atoms with Crippen molar-refractivity contribution < 1.29 is 4.79 Å². The van der Waals surface area contributed by atoms with Gasteiger partial charge in [0.15, 0.2) is 0 Å². The summed E-state index contributed by atoms with van der Waals surface area (Å²) in [7, 11) is 0. The van der Waals surface area contributed by atoms with Gasteiger partial charge in [0.1, 0.15) is 0 Å². The monoisotopic (exact) mass is 148 g/mol. The number of carbonyl (C=O) groups is 1. The first kappa shape index (κ1) is 6.21. The van der Waals surface area contributed by atoms with Gasteiger partial charge in [0.25, 0.3) is 0 Å². The van der Waals surface area contributed by atoms with E-state index in [2.05, 4.69) is 0 Å². The van der Waals surface area contributed by atoms with E-state index < -0.39 is 0 Å². The van der Waals surface area contributed by atoms with E-state index in [1.807, 2.05) is 6.92 Å². The Kier molecular flexibility index (Phi) is 3.53. The molecule has 0 atom stereocenters. The fourth-order valence-corrected chi connectivity index (χ4v) is 1.40. The number of rotatable bonds is 2. The van der Waals surface area contributed by atoms with Crippen molar-refractivity contribution in [3.63, 3.8) is 0 Å². The van der Waals surface area contributed by atoms with E-state index in [1.54, 1.807) is 0 Å². The van der Waals surface area contributed by atoms with Crippen LogP contribution in [0, 0.1) is 0 Å². The average Bonchev–Trinajstić information content (AvgIpc) is 1.35. The summed E-state index contributed by atoms with van der Waals surface area (Å²) in [6.07, 6.45) is 1.85. The average molecular weight is 147 g/mol. The molecule has 0 aliphatic carbocycles. The van der Waals surface area contributed by atoms with Gasteiger partial charge in [0.2, 0.25) is 0 Å². The molecule has 0 rings (SSSR count). The number of hydrogen-bond donors (Lipinski definition) is 0. The summed E-state index contributed by atoms with van der Waals surface area (Å²) in [4.78, 5) is 10.1. The molecule has 0 amide bonds. The molecule has 0 unspecified atom stereocenters. The summed E-state index contributed by atoms with van der Waals surface area (Å²) in [5.74, 6) is 0. The second-order valence-electron chi connectivity index (χ2n) is 1.45. The summed E-state index contributed by atoms with van der Waals surface area (Å²) in [5.41, 5.74) is 0. The fraction of sp³-hybridized carbons (Fsp3) is 0.750. The van der Waals surface area contributed by atoms with Gasteiger partial charge in [-0.1, -0.05) is 0 Å². The Morgan fingerprint density at radius 2 is 2.33 bits per heavy atom. The van der Waals surface area contributed by atoms with Crippen LogP contribution in [0.5, 0.6) is 0 Å². The molecule has 0 bridgehead atoms. The Morgan fingerprint density at radius 3 is 2.33 bits per heavy atom. The topological polar surface area (TPSA) is 17.1 Å². The van der Waals surface area contributed by atoms with Gasteiger partial charge in [-0.3, -0.25) is 0 Å². The summed E-state index contributed by atoms with van der Waals surface area (Å²) in [6, 6.07) is 0. The number of carbonyl (C=O) groups excluding carboxylic acids is 1. The molecule has 0 saturated carbocycles. The standard InChI is InChI=1S/C4H10GeO/c1-2-3-4(5)6/h2-3H2,1,5H3. The van der Waals surface area contributed by atoms with E-state index in [4.69, 9.17) is 0 Å². The first-order valence-electron chi connectivity index (χ1n) is 2.26. The van der Waals surface area contributed by atoms with Crippen LogP contribution in [0.3, 0.4) is 0 Å². The summed E-state index contributed by atoms with van der Waals surface area (Å²) in [5, 5.41) is 0. The second kappa shape index (κ2) is 3.40. The predicted molar refractivity (Wildman–Crippen MR) is 29.9 cm³/mol. The molecule has 0 N–H and O–H groups in total. The molecule has 0 aromatic rings. The maximum absolute atomic E-state index is 10.1. The van der Waals surface area contributed by atoms with Crippen LogP contribution in [0.25, 0.3) is 0 Å². The quantitative estimate of drug-likeness (QED) is 0.489. The zero-order valence-electron chi connectivity index (χ0n) is 4.32. The first-order chi connectivity index (χ1) is 2.77. The second-order valence-corrected chi connectivity index (χ2v) is 3.79. The summed E-state index contributed by atoms with van der Waals surface area (Å²) < 4.78 is 0.477. The van der Waals surface area contributed by atoms with E-state index in [0.29, 0.717) is 21.1 Å². The Morgan fingerprint density at radius 1 is 1.83 bits per heavy atom. The van der Waals surface area contributed by atoms with E-state index in [1.165, 1.54) is 0 Å². The van der Waals surface area contributed by atoms with Gasteiger partial charge < -0.3 is 0 Å². The van der Waals surface area contributed by atoms with E-state index in [-0.39, 0.29) is 0 Å². The molecule has 0 spiro atoms. The van der Waals surface area contributed by atoms with Crippen LogP contribution in [-0.4, -0.2) is 21.1 Å². The minimum atomic E-state index is 0.434. The van der Waals surface area contributed by atoms with Gasteiger partial charge in [-0.25, -0.2) is 0 Å². The van der Waals surface area contributed by atoms with Crippen molar-refractivity contribution in [3.8, 4) is 0 Å². The van der Waals surface area contributed by atoms with Crippen molar-refractivity contribution >= 4 is 21.1 Å². The third kappa shape index (κ3) is 4.21. The van der Waals surface area contributed by atoms with Crippen LogP contribution < -0.4 is 0 Å². The first-order valence-corrected chi connectivity index (χ1v) is 4.36. The molecule has 0 aromatic heterocycles. The van der Waals surface area contributed by atoms with Gasteiger partial charge in [-0.05, 0) is 0 Å². The molecule has 0 saturated heterocycles. The third-order valence-corrected chi connectivity index (χ3v) is 1.65. The predicted octanol–water partition coefficient (Wildman–Crippen LogP) is -0.322. The van der Waals surface area contributed by atoms with Crippen molar-refractivity contribution in [1.82, 2.24) is 0 Å². The third-order valence-electron chi connectivity index (χ3n) is 0.602.